The summed E-state index contributed by atoms with van der Waals surface area (Å²) in [5, 5.41) is 51.5. The van der Waals surface area contributed by atoms with Crippen LogP contribution in [0.3, 0.4) is 0 Å². The number of aliphatic hydroxyl groups is 3. The van der Waals surface area contributed by atoms with Gasteiger partial charge in [0.25, 0.3) is 5.84 Å². The first-order chi connectivity index (χ1) is 24.1. The molecule has 2 aromatic rings. The molecule has 4 aliphatic rings. The molecule has 5 N–H and O–H groups in total. The van der Waals surface area contributed by atoms with Crippen LogP contribution in [0.1, 0.15) is 49.8 Å². The number of imidazole rings is 1. The lowest BCUT2D eigenvalue weighted by atomic mass is 9.86. The van der Waals surface area contributed by atoms with Crippen LogP contribution in [0.25, 0.3) is 5.57 Å². The first-order valence-corrected chi connectivity index (χ1v) is 16.1. The summed E-state index contributed by atoms with van der Waals surface area (Å²) >= 11 is 0. The van der Waals surface area contributed by atoms with Gasteiger partial charge in [0.15, 0.2) is 18.7 Å². The van der Waals surface area contributed by atoms with Crippen LogP contribution in [-0.2, 0) is 33.9 Å². The molecule has 264 valence electrons. The lowest BCUT2D eigenvalue weighted by Crippen LogP contribution is -3.10. The second-order valence-corrected chi connectivity index (χ2v) is 12.1. The zero-order valence-corrected chi connectivity index (χ0v) is 27.7. The summed E-state index contributed by atoms with van der Waals surface area (Å²) in [7, 11) is 1.43. The fraction of sp³-hybridized carbons (Fsp3) is 0.424. The number of aromatic nitrogens is 2. The maximum Gasteiger partial charge on any atom is 0.375 e. The average molecular weight is 692 g/mol. The third kappa shape index (κ3) is 5.97. The molecule has 50 heavy (non-hydrogen) atoms. The van der Waals surface area contributed by atoms with Crippen molar-refractivity contribution in [2.75, 3.05) is 27.0 Å². The normalized spacial score (nSPS) is 21.3. The lowest BCUT2D eigenvalue weighted by molar-refractivity contribution is -0.730. The van der Waals surface area contributed by atoms with Crippen molar-refractivity contribution in [2.45, 2.75) is 64.4 Å². The van der Waals surface area contributed by atoms with E-state index in [4.69, 9.17) is 24.4 Å². The van der Waals surface area contributed by atoms with E-state index in [0.717, 1.165) is 0 Å². The van der Waals surface area contributed by atoms with Crippen molar-refractivity contribution < 1.29 is 53.9 Å². The number of rotatable bonds is 13. The molecule has 6 rings (SSSR count). The Kier molecular flexibility index (Phi) is 9.66. The van der Waals surface area contributed by atoms with E-state index < -0.39 is 41.9 Å². The Labute approximate surface area is 286 Å². The molecule has 3 atom stereocenters. The number of aliphatic hydroxyl groups excluding tert-OH is 2. The van der Waals surface area contributed by atoms with E-state index in [1.807, 2.05) is 0 Å². The number of quaternary nitrogens is 1. The predicted octanol–water partition coefficient (Wildman–Crippen LogP) is -0.873. The number of aliphatic imine (C=N–C) groups is 3. The summed E-state index contributed by atoms with van der Waals surface area (Å²) < 4.78 is 25.3. The minimum absolute atomic E-state index is 0.00153. The van der Waals surface area contributed by atoms with Gasteiger partial charge in [-0.3, -0.25) is 14.8 Å². The first-order valence-electron chi connectivity index (χ1n) is 16.1. The highest BCUT2D eigenvalue weighted by Crippen LogP contribution is 2.54. The second-order valence-electron chi connectivity index (χ2n) is 12.1. The van der Waals surface area contributed by atoms with Crippen molar-refractivity contribution in [3.8, 4) is 17.2 Å². The molecule has 17 heteroatoms. The van der Waals surface area contributed by atoms with Crippen molar-refractivity contribution >= 4 is 47.2 Å². The number of amidine groups is 1. The molecule has 0 aliphatic carbocycles. The molecule has 17 nitrogen and oxygen atoms in total. The zero-order valence-electron chi connectivity index (χ0n) is 27.7. The van der Waals surface area contributed by atoms with Crippen LogP contribution >= 0.6 is 0 Å². The van der Waals surface area contributed by atoms with Crippen LogP contribution < -0.4 is 24.2 Å². The van der Waals surface area contributed by atoms with Crippen LogP contribution in [0.15, 0.2) is 44.8 Å². The van der Waals surface area contributed by atoms with E-state index in [1.54, 1.807) is 36.9 Å². The summed E-state index contributed by atoms with van der Waals surface area (Å²) in [4.78, 5) is 42.9. The van der Waals surface area contributed by atoms with Crippen LogP contribution in [-0.4, -0.2) is 99.2 Å². The van der Waals surface area contributed by atoms with Crippen molar-refractivity contribution in [3.05, 3.63) is 46.5 Å². The molecule has 3 unspecified atom stereocenters. The summed E-state index contributed by atoms with van der Waals surface area (Å²) in [6, 6.07) is 0. The molecule has 0 amide bonds. The maximum absolute atomic E-state index is 13.2. The van der Waals surface area contributed by atoms with E-state index in [9.17, 15) is 30.0 Å². The van der Waals surface area contributed by atoms with Gasteiger partial charge in [-0.1, -0.05) is 6.08 Å². The van der Waals surface area contributed by atoms with Gasteiger partial charge in [-0.2, -0.15) is 9.98 Å². The smallest absolute Gasteiger partial charge is 0.375 e. The van der Waals surface area contributed by atoms with Gasteiger partial charge in [-0.25, -0.2) is 19.7 Å². The Bertz CT molecular complexity index is 1910. The lowest BCUT2D eigenvalue weighted by Gasteiger charge is -2.30. The SMILES string of the molecule is CCOC(=O)C1=C(C=O)C(=CCn2ccnc2[NH+]2CN=C3C([O-])=NC(=N)N=C32)c2c(OC)c3c(c(CO)c2O1)OC(C(C)(O)CCCCO)C3. The number of carbonyl (C=O) groups excluding carboxylic acids is 2. The molecule has 5 heterocycles. The number of guanidine groups is 1. The molecule has 0 spiro atoms. The predicted molar refractivity (Wildman–Crippen MR) is 175 cm³/mol. The van der Waals surface area contributed by atoms with Crippen molar-refractivity contribution in [2.24, 2.45) is 15.0 Å². The minimum Gasteiger partial charge on any atom is -0.857 e. The van der Waals surface area contributed by atoms with Crippen LogP contribution in [0.5, 0.6) is 17.2 Å². The summed E-state index contributed by atoms with van der Waals surface area (Å²) in [5.74, 6) is -1.24. The summed E-state index contributed by atoms with van der Waals surface area (Å²) in [6.45, 7) is 2.82. The van der Waals surface area contributed by atoms with Gasteiger partial charge in [0.1, 0.15) is 23.4 Å². The number of nitrogens with one attached hydrogen (secondary N) is 2. The Morgan fingerprint density at radius 3 is 2.78 bits per heavy atom. The molecular weight excluding hydrogens is 654 g/mol. The van der Waals surface area contributed by atoms with Gasteiger partial charge in [0, 0.05) is 42.8 Å². The maximum atomic E-state index is 13.2. The van der Waals surface area contributed by atoms with Crippen LogP contribution in [0, 0.1) is 5.41 Å². The number of carbonyl (C=O) groups is 2. The molecular formula is C33H37N7O10. The molecule has 0 bridgehead atoms. The van der Waals surface area contributed by atoms with E-state index in [2.05, 4.69) is 20.0 Å². The number of nitrogens with zero attached hydrogens (tertiary/aromatic N) is 5. The van der Waals surface area contributed by atoms with Crippen LogP contribution in [0.2, 0.25) is 0 Å². The van der Waals surface area contributed by atoms with Gasteiger partial charge in [0.2, 0.25) is 11.7 Å². The number of fused-ring (bicyclic) bond motifs is 3. The number of benzene rings is 1. The topological polar surface area (TPSA) is 238 Å². The van der Waals surface area contributed by atoms with E-state index in [-0.39, 0.29) is 83.9 Å². The molecule has 0 radical (unpaired) electrons. The highest BCUT2D eigenvalue weighted by Gasteiger charge is 2.45. The van der Waals surface area contributed by atoms with Gasteiger partial charge in [-0.15, -0.1) is 0 Å². The number of esters is 1. The Balaban J connectivity index is 1.46. The van der Waals surface area contributed by atoms with Gasteiger partial charge in [-0.05, 0) is 33.1 Å². The van der Waals surface area contributed by atoms with E-state index >= 15 is 0 Å². The largest absolute Gasteiger partial charge is 0.857 e. The number of ether oxygens (including phenoxy) is 4. The van der Waals surface area contributed by atoms with Gasteiger partial charge >= 0.3 is 11.9 Å². The van der Waals surface area contributed by atoms with Crippen molar-refractivity contribution in [1.82, 2.24) is 9.55 Å². The quantitative estimate of drug-likeness (QED) is 0.0983. The second kappa shape index (κ2) is 13.9. The Hall–Kier alpha value is -5.23. The van der Waals surface area contributed by atoms with E-state index in [0.29, 0.717) is 42.0 Å². The number of allylic oxidation sites excluding steroid dienone is 3. The van der Waals surface area contributed by atoms with Crippen molar-refractivity contribution in [3.63, 3.8) is 0 Å². The number of unbranched alkanes of at least 4 members (excludes halogenated alkanes) is 1. The van der Waals surface area contributed by atoms with Crippen LogP contribution in [0.4, 0.5) is 5.95 Å². The first kappa shape index (κ1) is 34.6. The summed E-state index contributed by atoms with van der Waals surface area (Å²) in [6.07, 6.45) is 6.21. The minimum atomic E-state index is -1.31. The summed E-state index contributed by atoms with van der Waals surface area (Å²) in [5.41, 5.74) is -0.136. The number of hydrogen-bond donors (Lipinski definition) is 5. The fourth-order valence-electron chi connectivity index (χ4n) is 6.52. The molecule has 0 saturated heterocycles. The van der Waals surface area contributed by atoms with E-state index in [1.165, 1.54) is 7.11 Å². The third-order valence-electron chi connectivity index (χ3n) is 8.94. The highest BCUT2D eigenvalue weighted by atomic mass is 16.6. The zero-order chi connectivity index (χ0) is 35.7. The molecule has 1 aromatic heterocycles. The van der Waals surface area contributed by atoms with Gasteiger partial charge < -0.3 is 39.4 Å². The Morgan fingerprint density at radius 1 is 1.28 bits per heavy atom. The molecule has 4 aliphatic heterocycles. The fourth-order valence-corrected chi connectivity index (χ4v) is 6.52. The molecule has 0 fully saturated rings. The Morgan fingerprint density at radius 2 is 2.08 bits per heavy atom. The standard InChI is InChI=1S/C33H37N7O10/c1-4-48-30(45)27-19(14-42)17(7-10-39-11-9-35-32(39)40-16-36-23-28(40)37-31(34)38-29(23)44)22-25(47-3)18-13-21(33(2,46)8-5-6-12-41)49-24(18)20(15-43)26(22)50-27/h7,9,11,14,21,41,43,46H,4-6,8,10,12-13,15-16H2,1-3H3,(H2,34,38,44). The highest BCUT2D eigenvalue weighted by molar-refractivity contribution is 6.66. The monoisotopic (exact) mass is 691 g/mol. The third-order valence-corrected chi connectivity index (χ3v) is 8.94. The number of hydrogen-bond acceptors (Lipinski definition) is 13. The van der Waals surface area contributed by atoms with Gasteiger partial charge in [0.05, 0.1) is 48.8 Å². The number of aldehydes is 1. The molecule has 0 saturated carbocycles. The van der Waals surface area contributed by atoms with Crippen molar-refractivity contribution in [1.29, 1.82) is 5.41 Å². The average Bonchev–Trinajstić information content (AvgIpc) is 3.84. The molecule has 1 aromatic carbocycles. The number of methoxy groups -OCH3 is 1.